The Kier molecular flexibility index (Phi) is 8.82. The van der Waals surface area contributed by atoms with E-state index in [1.54, 1.807) is 24.5 Å². The van der Waals surface area contributed by atoms with E-state index in [0.717, 1.165) is 32.8 Å². The average Bonchev–Trinajstić information content (AvgIpc) is 2.86. The maximum Gasteiger partial charge on any atom is 0.224 e. The van der Waals surface area contributed by atoms with Crippen LogP contribution in [0.1, 0.15) is 44.6 Å². The molecule has 0 radical (unpaired) electrons. The minimum Gasteiger partial charge on any atom is -0.492 e. The third-order valence-corrected chi connectivity index (χ3v) is 6.78. The molecule has 2 heterocycles. The largest absolute Gasteiger partial charge is 0.492 e. The number of aromatic nitrogens is 2. The summed E-state index contributed by atoms with van der Waals surface area (Å²) in [5.74, 6) is 0.868. The van der Waals surface area contributed by atoms with Crippen LogP contribution in [0.5, 0.6) is 5.75 Å². The number of carbonyl (C=O) groups excluding carboxylic acids is 1. The Morgan fingerprint density at radius 1 is 1.21 bits per heavy atom. The van der Waals surface area contributed by atoms with Gasteiger partial charge in [0.15, 0.2) is 5.82 Å². The molecule has 184 valence electrons. The second kappa shape index (κ2) is 12.2. The third kappa shape index (κ3) is 6.96. The number of ether oxygens (including phenoxy) is 2. The van der Waals surface area contributed by atoms with Crippen molar-refractivity contribution in [3.8, 4) is 17.1 Å². The molecule has 0 unspecified atom stereocenters. The lowest BCUT2D eigenvalue weighted by Gasteiger charge is -2.28. The summed E-state index contributed by atoms with van der Waals surface area (Å²) in [4.78, 5) is 23.3. The lowest BCUT2D eigenvalue weighted by molar-refractivity contribution is -0.121. The molecular formula is C26H35FN4O3. The van der Waals surface area contributed by atoms with E-state index in [4.69, 9.17) is 9.47 Å². The molecule has 1 aromatic heterocycles. The van der Waals surface area contributed by atoms with E-state index in [2.05, 4.69) is 27.1 Å². The second-order valence-electron chi connectivity index (χ2n) is 9.29. The summed E-state index contributed by atoms with van der Waals surface area (Å²) in [5.41, 5.74) is 1.02. The number of carbonyl (C=O) groups is 1. The van der Waals surface area contributed by atoms with Crippen molar-refractivity contribution >= 4 is 5.91 Å². The SMILES string of the molecule is C[C@@H](NC(=O)Cc1cnc(-c2ccc(OCCN3CCOCC3)cc2F)nc1)C1CCCCC1. The summed E-state index contributed by atoms with van der Waals surface area (Å²) in [6, 6.07) is 4.91. The van der Waals surface area contributed by atoms with Crippen molar-refractivity contribution in [1.82, 2.24) is 20.2 Å². The Bertz CT molecular complexity index is 928. The number of rotatable bonds is 9. The minimum absolute atomic E-state index is 0.0285. The Hall–Kier alpha value is -2.58. The van der Waals surface area contributed by atoms with Crippen LogP contribution in [0.25, 0.3) is 11.4 Å². The van der Waals surface area contributed by atoms with Gasteiger partial charge < -0.3 is 14.8 Å². The van der Waals surface area contributed by atoms with Crippen molar-refractivity contribution < 1.29 is 18.7 Å². The highest BCUT2D eigenvalue weighted by Gasteiger charge is 2.21. The van der Waals surface area contributed by atoms with Gasteiger partial charge in [0.1, 0.15) is 18.2 Å². The van der Waals surface area contributed by atoms with Gasteiger partial charge in [-0.15, -0.1) is 0 Å². The summed E-state index contributed by atoms with van der Waals surface area (Å²) < 4.78 is 25.7. The van der Waals surface area contributed by atoms with E-state index in [1.165, 1.54) is 38.2 Å². The zero-order valence-corrected chi connectivity index (χ0v) is 20.0. The minimum atomic E-state index is -0.435. The molecule has 2 aromatic rings. The maximum absolute atomic E-state index is 14.7. The number of amides is 1. The summed E-state index contributed by atoms with van der Waals surface area (Å²) in [6.07, 6.45) is 9.57. The number of morpholine rings is 1. The lowest BCUT2D eigenvalue weighted by atomic mass is 9.84. The zero-order chi connectivity index (χ0) is 23.8. The first kappa shape index (κ1) is 24.5. The van der Waals surface area contributed by atoms with Crippen LogP contribution < -0.4 is 10.1 Å². The van der Waals surface area contributed by atoms with E-state index >= 15 is 0 Å². The molecule has 4 rings (SSSR count). The van der Waals surface area contributed by atoms with Crippen LogP contribution in [0.3, 0.4) is 0 Å². The van der Waals surface area contributed by atoms with Gasteiger partial charge in [0, 0.05) is 44.1 Å². The molecule has 1 aromatic carbocycles. The summed E-state index contributed by atoms with van der Waals surface area (Å²) in [7, 11) is 0. The van der Waals surface area contributed by atoms with Gasteiger partial charge in [0.25, 0.3) is 0 Å². The molecule has 1 aliphatic heterocycles. The van der Waals surface area contributed by atoms with Crippen LogP contribution in [0, 0.1) is 11.7 Å². The van der Waals surface area contributed by atoms with Crippen molar-refractivity contribution in [2.24, 2.45) is 5.92 Å². The molecule has 0 bridgehead atoms. The number of nitrogens with one attached hydrogen (secondary N) is 1. The summed E-state index contributed by atoms with van der Waals surface area (Å²) >= 11 is 0. The highest BCUT2D eigenvalue weighted by Crippen LogP contribution is 2.26. The lowest BCUT2D eigenvalue weighted by Crippen LogP contribution is -2.39. The van der Waals surface area contributed by atoms with Crippen LogP contribution in [0.4, 0.5) is 4.39 Å². The maximum atomic E-state index is 14.7. The number of halogens is 1. The van der Waals surface area contributed by atoms with E-state index in [9.17, 15) is 9.18 Å². The first-order valence-electron chi connectivity index (χ1n) is 12.4. The summed E-state index contributed by atoms with van der Waals surface area (Å²) in [6.45, 7) is 6.64. The molecule has 1 atom stereocenters. The Morgan fingerprint density at radius 2 is 1.94 bits per heavy atom. The first-order valence-corrected chi connectivity index (χ1v) is 12.4. The van der Waals surface area contributed by atoms with Crippen molar-refractivity contribution in [3.63, 3.8) is 0 Å². The number of hydrogen-bond acceptors (Lipinski definition) is 6. The smallest absolute Gasteiger partial charge is 0.224 e. The van der Waals surface area contributed by atoms with Crippen LogP contribution in [0.2, 0.25) is 0 Å². The van der Waals surface area contributed by atoms with E-state index in [-0.39, 0.29) is 24.2 Å². The van der Waals surface area contributed by atoms with Crippen molar-refractivity contribution in [3.05, 3.63) is 42.0 Å². The molecule has 8 heteroatoms. The van der Waals surface area contributed by atoms with Gasteiger partial charge >= 0.3 is 0 Å². The fraction of sp³-hybridized carbons (Fsp3) is 0.577. The topological polar surface area (TPSA) is 76.6 Å². The van der Waals surface area contributed by atoms with Crippen LogP contribution >= 0.6 is 0 Å². The predicted octanol–water partition coefficient (Wildman–Crippen LogP) is 3.62. The van der Waals surface area contributed by atoms with E-state index < -0.39 is 5.82 Å². The normalized spacial score (nSPS) is 18.4. The molecule has 2 fully saturated rings. The highest BCUT2D eigenvalue weighted by molar-refractivity contribution is 5.78. The molecule has 0 spiro atoms. The molecule has 1 saturated heterocycles. The van der Waals surface area contributed by atoms with Gasteiger partial charge in [0.05, 0.1) is 25.2 Å². The Balaban J connectivity index is 1.27. The number of benzene rings is 1. The van der Waals surface area contributed by atoms with Gasteiger partial charge in [-0.2, -0.15) is 0 Å². The monoisotopic (exact) mass is 470 g/mol. The van der Waals surface area contributed by atoms with Gasteiger partial charge in [0.2, 0.25) is 5.91 Å². The van der Waals surface area contributed by atoms with E-state index in [0.29, 0.717) is 29.4 Å². The average molecular weight is 471 g/mol. The molecule has 1 aliphatic carbocycles. The molecular weight excluding hydrogens is 435 g/mol. The van der Waals surface area contributed by atoms with Gasteiger partial charge in [-0.1, -0.05) is 19.3 Å². The van der Waals surface area contributed by atoms with Gasteiger partial charge in [-0.3, -0.25) is 9.69 Å². The van der Waals surface area contributed by atoms with E-state index in [1.807, 2.05) is 0 Å². The van der Waals surface area contributed by atoms with Gasteiger partial charge in [-0.25, -0.2) is 14.4 Å². The summed E-state index contributed by atoms with van der Waals surface area (Å²) in [5, 5.41) is 3.12. The number of nitrogens with zero attached hydrogens (tertiary/aromatic N) is 3. The zero-order valence-electron chi connectivity index (χ0n) is 20.0. The molecule has 7 nitrogen and oxygen atoms in total. The Morgan fingerprint density at radius 3 is 2.65 bits per heavy atom. The first-order chi connectivity index (χ1) is 16.6. The van der Waals surface area contributed by atoms with Crippen molar-refractivity contribution in [1.29, 1.82) is 0 Å². The molecule has 34 heavy (non-hydrogen) atoms. The highest BCUT2D eigenvalue weighted by atomic mass is 19.1. The van der Waals surface area contributed by atoms with Crippen molar-refractivity contribution in [2.45, 2.75) is 51.5 Å². The predicted molar refractivity (Wildman–Crippen MR) is 128 cm³/mol. The fourth-order valence-corrected chi connectivity index (χ4v) is 4.71. The van der Waals surface area contributed by atoms with Crippen LogP contribution in [0.15, 0.2) is 30.6 Å². The molecule has 1 saturated carbocycles. The van der Waals surface area contributed by atoms with Crippen LogP contribution in [-0.2, 0) is 16.0 Å². The molecule has 1 N–H and O–H groups in total. The third-order valence-electron chi connectivity index (χ3n) is 6.78. The number of hydrogen-bond donors (Lipinski definition) is 1. The standard InChI is InChI=1S/C26H35FN4O3/c1-19(21-5-3-2-4-6-21)30-25(32)15-20-17-28-26(29-18-20)23-8-7-22(16-24(23)27)34-14-11-31-9-12-33-13-10-31/h7-8,16-19,21H,2-6,9-15H2,1H3,(H,30,32)/t19-/m1/s1. The van der Waals surface area contributed by atoms with Gasteiger partial charge in [-0.05, 0) is 43.4 Å². The Labute approximate surface area is 201 Å². The quantitative estimate of drug-likeness (QED) is 0.603. The molecule has 1 amide bonds. The molecule has 2 aliphatic rings. The fourth-order valence-electron chi connectivity index (χ4n) is 4.71. The van der Waals surface area contributed by atoms with Crippen molar-refractivity contribution in [2.75, 3.05) is 39.5 Å². The second-order valence-corrected chi connectivity index (χ2v) is 9.29. The van der Waals surface area contributed by atoms with Crippen LogP contribution in [-0.4, -0.2) is 66.3 Å².